The van der Waals surface area contributed by atoms with Gasteiger partial charge in [0.25, 0.3) is 0 Å². The molecule has 29 heavy (non-hydrogen) atoms. The van der Waals surface area contributed by atoms with Crippen LogP contribution in [0.25, 0.3) is 10.9 Å². The molecule has 3 aromatic rings. The second-order valence-electron chi connectivity index (χ2n) is 6.82. The maximum atomic E-state index is 11.8. The maximum absolute atomic E-state index is 11.8. The number of hydrogen-bond acceptors (Lipinski definition) is 6. The number of anilines is 1. The number of carbonyl (C=O) groups is 1. The fourth-order valence-electron chi connectivity index (χ4n) is 3.75. The van der Waals surface area contributed by atoms with Crippen molar-refractivity contribution in [3.8, 4) is 5.75 Å². The van der Waals surface area contributed by atoms with Crippen LogP contribution in [0.2, 0.25) is 5.28 Å². The molecular weight excluding hydrogens is 394 g/mol. The van der Waals surface area contributed by atoms with E-state index < -0.39 is 6.09 Å². The molecule has 1 aliphatic rings. The second-order valence-corrected chi connectivity index (χ2v) is 7.16. The van der Waals surface area contributed by atoms with Crippen LogP contribution in [0.4, 0.5) is 10.6 Å². The average molecular weight is 414 g/mol. The number of hydrogen-bond donors (Lipinski definition) is 1. The van der Waals surface area contributed by atoms with Crippen LogP contribution in [-0.4, -0.2) is 63.8 Å². The van der Waals surface area contributed by atoms with E-state index >= 15 is 0 Å². The van der Waals surface area contributed by atoms with Gasteiger partial charge < -0.3 is 19.6 Å². The summed E-state index contributed by atoms with van der Waals surface area (Å²) >= 11 is 6.16. The van der Waals surface area contributed by atoms with Crippen molar-refractivity contribution < 1.29 is 14.6 Å². The molecule has 8 nitrogen and oxygen atoms in total. The Hall–Kier alpha value is -3.13. The van der Waals surface area contributed by atoms with Crippen LogP contribution in [0.1, 0.15) is 5.56 Å². The molecule has 0 aliphatic carbocycles. The van der Waals surface area contributed by atoms with Gasteiger partial charge in [0.2, 0.25) is 5.28 Å². The summed E-state index contributed by atoms with van der Waals surface area (Å²) in [6, 6.07) is 9.64. The number of aromatic nitrogens is 3. The minimum atomic E-state index is -0.919. The summed E-state index contributed by atoms with van der Waals surface area (Å²) in [5, 5.41) is 10.5. The normalized spacial score (nSPS) is 16.8. The molecule has 2 aromatic heterocycles. The number of ether oxygens (including phenoxy) is 1. The van der Waals surface area contributed by atoms with Crippen molar-refractivity contribution in [3.63, 3.8) is 0 Å². The van der Waals surface area contributed by atoms with Crippen molar-refractivity contribution in [2.75, 3.05) is 31.6 Å². The topological polar surface area (TPSA) is 91.7 Å². The lowest BCUT2D eigenvalue weighted by Crippen LogP contribution is -2.56. The number of piperazine rings is 1. The molecule has 9 heteroatoms. The van der Waals surface area contributed by atoms with Crippen LogP contribution in [0.5, 0.6) is 5.75 Å². The number of nitrogens with zero attached hydrogens (tertiary/aromatic N) is 5. The maximum Gasteiger partial charge on any atom is 0.407 e. The first kappa shape index (κ1) is 19.2. The van der Waals surface area contributed by atoms with Gasteiger partial charge in [0.15, 0.2) is 0 Å². The zero-order valence-corrected chi connectivity index (χ0v) is 16.6. The molecule has 0 spiro atoms. The Labute approximate surface area is 172 Å². The van der Waals surface area contributed by atoms with Crippen molar-refractivity contribution in [1.82, 2.24) is 19.9 Å². The molecule has 1 aromatic carbocycles. The van der Waals surface area contributed by atoms with Crippen molar-refractivity contribution in [2.24, 2.45) is 0 Å². The smallest absolute Gasteiger partial charge is 0.407 e. The van der Waals surface area contributed by atoms with Crippen molar-refractivity contribution in [1.29, 1.82) is 0 Å². The Kier molecular flexibility index (Phi) is 5.35. The molecule has 0 saturated carbocycles. The van der Waals surface area contributed by atoms with Crippen LogP contribution >= 0.6 is 11.6 Å². The number of fused-ring (bicyclic) bond motifs is 1. The average Bonchev–Trinajstić information content (AvgIpc) is 2.73. The highest BCUT2D eigenvalue weighted by Crippen LogP contribution is 2.33. The van der Waals surface area contributed by atoms with Gasteiger partial charge in [-0.05, 0) is 23.6 Å². The summed E-state index contributed by atoms with van der Waals surface area (Å²) in [5.74, 6) is 1.18. The zero-order chi connectivity index (χ0) is 20.4. The van der Waals surface area contributed by atoms with Gasteiger partial charge in [0.1, 0.15) is 11.6 Å². The number of carboxylic acid groups (broad SMARTS) is 1. The number of benzene rings is 1. The molecule has 3 heterocycles. The van der Waals surface area contributed by atoms with Gasteiger partial charge in [0, 0.05) is 19.6 Å². The van der Waals surface area contributed by atoms with Gasteiger partial charge in [-0.25, -0.2) is 9.78 Å². The highest BCUT2D eigenvalue weighted by atomic mass is 35.5. The summed E-state index contributed by atoms with van der Waals surface area (Å²) in [4.78, 5) is 28.2. The molecule has 150 valence electrons. The molecule has 0 radical (unpaired) electrons. The van der Waals surface area contributed by atoms with Crippen LogP contribution in [0, 0.1) is 0 Å². The molecule has 1 saturated heterocycles. The summed E-state index contributed by atoms with van der Waals surface area (Å²) in [5.41, 5.74) is 1.66. The summed E-state index contributed by atoms with van der Waals surface area (Å²) in [7, 11) is 1.56. The number of pyridine rings is 1. The van der Waals surface area contributed by atoms with E-state index in [2.05, 4.69) is 15.0 Å². The Morgan fingerprint density at radius 3 is 2.76 bits per heavy atom. The molecular formula is C20H20ClN5O3. The quantitative estimate of drug-likeness (QED) is 0.657. The van der Waals surface area contributed by atoms with Gasteiger partial charge in [-0.1, -0.05) is 30.3 Å². The van der Waals surface area contributed by atoms with E-state index in [9.17, 15) is 9.90 Å². The molecule has 1 aliphatic heterocycles. The van der Waals surface area contributed by atoms with Crippen LogP contribution in [-0.2, 0) is 6.42 Å². The lowest BCUT2D eigenvalue weighted by molar-refractivity contribution is 0.118. The van der Waals surface area contributed by atoms with E-state index in [0.717, 1.165) is 5.56 Å². The van der Waals surface area contributed by atoms with E-state index in [4.69, 9.17) is 16.3 Å². The summed E-state index contributed by atoms with van der Waals surface area (Å²) in [6.45, 7) is 1.34. The highest BCUT2D eigenvalue weighted by Gasteiger charge is 2.32. The number of halogens is 1. The van der Waals surface area contributed by atoms with Gasteiger partial charge in [0.05, 0.1) is 36.4 Å². The Morgan fingerprint density at radius 2 is 2.03 bits per heavy atom. The summed E-state index contributed by atoms with van der Waals surface area (Å²) in [6.07, 6.45) is 2.92. The van der Waals surface area contributed by atoms with Crippen LogP contribution in [0.15, 0.2) is 42.7 Å². The molecule has 1 N–H and O–H groups in total. The van der Waals surface area contributed by atoms with Crippen LogP contribution in [0.3, 0.4) is 0 Å². The number of methoxy groups -OCH3 is 1. The van der Waals surface area contributed by atoms with Gasteiger partial charge in [-0.15, -0.1) is 0 Å². The number of rotatable bonds is 4. The van der Waals surface area contributed by atoms with E-state index in [1.54, 1.807) is 19.5 Å². The predicted molar refractivity (Wildman–Crippen MR) is 110 cm³/mol. The van der Waals surface area contributed by atoms with Crippen molar-refractivity contribution in [2.45, 2.75) is 12.5 Å². The molecule has 4 rings (SSSR count). The van der Waals surface area contributed by atoms with E-state index in [1.165, 1.54) is 4.90 Å². The molecule has 1 atom stereocenters. The Balaban J connectivity index is 1.71. The Morgan fingerprint density at radius 1 is 1.24 bits per heavy atom. The molecule has 0 bridgehead atoms. The van der Waals surface area contributed by atoms with Crippen molar-refractivity contribution in [3.05, 3.63) is 53.6 Å². The minimum absolute atomic E-state index is 0.114. The van der Waals surface area contributed by atoms with Crippen LogP contribution < -0.4 is 9.64 Å². The predicted octanol–water partition coefficient (Wildman–Crippen LogP) is 3.10. The summed E-state index contributed by atoms with van der Waals surface area (Å²) < 4.78 is 5.46. The zero-order valence-electron chi connectivity index (χ0n) is 15.8. The first-order chi connectivity index (χ1) is 14.1. The first-order valence-electron chi connectivity index (χ1n) is 9.20. The van der Waals surface area contributed by atoms with Gasteiger partial charge in [-0.2, -0.15) is 4.98 Å². The Bertz CT molecular complexity index is 1030. The second kappa shape index (κ2) is 8.08. The van der Waals surface area contributed by atoms with Gasteiger partial charge >= 0.3 is 6.09 Å². The largest absolute Gasteiger partial charge is 0.494 e. The van der Waals surface area contributed by atoms with E-state index in [-0.39, 0.29) is 11.3 Å². The van der Waals surface area contributed by atoms with Gasteiger partial charge in [-0.3, -0.25) is 4.98 Å². The standard InChI is InChI=1S/C20H20ClN5O3/c1-29-16-11-22-10-15-17(16)18(24-19(21)23-15)25-7-8-26(20(27)28)14(12-25)9-13-5-3-2-4-6-13/h2-6,10-11,14H,7-9,12H2,1H3,(H,27,28)/t14-/m0/s1. The molecule has 0 unspecified atom stereocenters. The highest BCUT2D eigenvalue weighted by molar-refractivity contribution is 6.29. The monoisotopic (exact) mass is 413 g/mol. The first-order valence-corrected chi connectivity index (χ1v) is 9.58. The fourth-order valence-corrected chi connectivity index (χ4v) is 3.92. The fraction of sp³-hybridized carbons (Fsp3) is 0.300. The molecule has 1 fully saturated rings. The number of amides is 1. The lowest BCUT2D eigenvalue weighted by atomic mass is 10.0. The minimum Gasteiger partial charge on any atom is -0.494 e. The lowest BCUT2D eigenvalue weighted by Gasteiger charge is -2.41. The van der Waals surface area contributed by atoms with E-state index in [0.29, 0.717) is 48.5 Å². The van der Waals surface area contributed by atoms with E-state index in [1.807, 2.05) is 35.2 Å². The third-order valence-corrected chi connectivity index (χ3v) is 5.26. The van der Waals surface area contributed by atoms with Crippen molar-refractivity contribution >= 4 is 34.4 Å². The SMILES string of the molecule is COc1cncc2nc(Cl)nc(N3CCN(C(=O)O)[C@@H](Cc4ccccc4)C3)c12. The third-order valence-electron chi connectivity index (χ3n) is 5.09. The third kappa shape index (κ3) is 3.88. The molecule has 1 amide bonds.